The molecule has 1 heterocycles. The van der Waals surface area contributed by atoms with Crippen LogP contribution in [0.25, 0.3) is 0 Å². The summed E-state index contributed by atoms with van der Waals surface area (Å²) in [4.78, 5) is 39.2. The zero-order valence-corrected chi connectivity index (χ0v) is 17.2. The average molecular weight is 407 g/mol. The summed E-state index contributed by atoms with van der Waals surface area (Å²) in [6, 6.07) is 12.2. The average Bonchev–Trinajstić information content (AvgIpc) is 2.98. The van der Waals surface area contributed by atoms with Crippen LogP contribution in [-0.4, -0.2) is 36.4 Å². The molecular formula is C23H25N3O4. The van der Waals surface area contributed by atoms with Gasteiger partial charge in [0.1, 0.15) is 17.8 Å². The van der Waals surface area contributed by atoms with Crippen LogP contribution in [0.15, 0.2) is 42.5 Å². The van der Waals surface area contributed by atoms with Gasteiger partial charge in [0.05, 0.1) is 7.11 Å². The molecule has 2 N–H and O–H groups in total. The maximum absolute atomic E-state index is 13.0. The molecule has 1 unspecified atom stereocenters. The maximum Gasteiger partial charge on any atom is 0.325 e. The number of urea groups is 1. The van der Waals surface area contributed by atoms with Crippen LogP contribution in [0.1, 0.15) is 36.5 Å². The van der Waals surface area contributed by atoms with Crippen LogP contribution in [0.3, 0.4) is 0 Å². The molecule has 4 amide bonds. The van der Waals surface area contributed by atoms with E-state index in [1.54, 1.807) is 38.3 Å². The van der Waals surface area contributed by atoms with Crippen molar-refractivity contribution in [1.29, 1.82) is 0 Å². The van der Waals surface area contributed by atoms with Gasteiger partial charge in [-0.3, -0.25) is 14.5 Å². The Balaban J connectivity index is 1.49. The molecular weight excluding hydrogens is 382 g/mol. The number of imide groups is 1. The third-order valence-corrected chi connectivity index (χ3v) is 5.91. The number of fused-ring (bicyclic) bond motifs is 1. The standard InChI is InChI=1S/C23H25N3O4/c1-23(16-10-12-17(30-2)13-11-16)21(28)26(22(29)25-23)14-20(27)24-19-9-5-7-15-6-3-4-8-18(15)19/h5,7,9-13H,3-4,6,8,14H2,1-2H3,(H,24,27)(H,25,29). The molecule has 1 aliphatic carbocycles. The molecule has 1 atom stereocenters. The third-order valence-electron chi connectivity index (χ3n) is 5.91. The second-order valence-corrected chi connectivity index (χ2v) is 7.87. The molecule has 7 heteroatoms. The second kappa shape index (κ2) is 7.82. The Morgan fingerprint density at radius 3 is 2.60 bits per heavy atom. The third kappa shape index (κ3) is 3.51. The van der Waals surface area contributed by atoms with Gasteiger partial charge in [-0.2, -0.15) is 0 Å². The van der Waals surface area contributed by atoms with E-state index in [0.717, 1.165) is 41.8 Å². The van der Waals surface area contributed by atoms with E-state index in [9.17, 15) is 14.4 Å². The lowest BCUT2D eigenvalue weighted by atomic mass is 9.90. The lowest BCUT2D eigenvalue weighted by Gasteiger charge is -2.23. The van der Waals surface area contributed by atoms with Gasteiger partial charge >= 0.3 is 6.03 Å². The number of hydrogen-bond acceptors (Lipinski definition) is 4. The normalized spacial score (nSPS) is 20.5. The zero-order chi connectivity index (χ0) is 21.3. The first-order valence-electron chi connectivity index (χ1n) is 10.1. The summed E-state index contributed by atoms with van der Waals surface area (Å²) in [5.41, 5.74) is 2.57. The van der Waals surface area contributed by atoms with E-state index in [1.807, 2.05) is 12.1 Å². The molecule has 2 aliphatic rings. The highest BCUT2D eigenvalue weighted by Crippen LogP contribution is 2.31. The van der Waals surface area contributed by atoms with Crippen LogP contribution >= 0.6 is 0 Å². The van der Waals surface area contributed by atoms with E-state index in [0.29, 0.717) is 11.3 Å². The smallest absolute Gasteiger partial charge is 0.325 e. The molecule has 30 heavy (non-hydrogen) atoms. The van der Waals surface area contributed by atoms with Gasteiger partial charge in [-0.25, -0.2) is 4.79 Å². The number of anilines is 1. The molecule has 0 bridgehead atoms. The number of benzene rings is 2. The number of ether oxygens (including phenoxy) is 1. The first-order valence-corrected chi connectivity index (χ1v) is 10.1. The van der Waals surface area contributed by atoms with Gasteiger partial charge in [0.25, 0.3) is 5.91 Å². The molecule has 1 saturated heterocycles. The van der Waals surface area contributed by atoms with Crippen LogP contribution < -0.4 is 15.4 Å². The van der Waals surface area contributed by atoms with Crippen LogP contribution in [0.2, 0.25) is 0 Å². The van der Waals surface area contributed by atoms with E-state index >= 15 is 0 Å². The highest BCUT2D eigenvalue weighted by molar-refractivity contribution is 6.10. The number of carbonyl (C=O) groups excluding carboxylic acids is 3. The second-order valence-electron chi connectivity index (χ2n) is 7.87. The van der Waals surface area contributed by atoms with Crippen LogP contribution in [0, 0.1) is 0 Å². The van der Waals surface area contributed by atoms with Gasteiger partial charge in [-0.1, -0.05) is 24.3 Å². The van der Waals surface area contributed by atoms with Crippen molar-refractivity contribution in [3.63, 3.8) is 0 Å². The van der Waals surface area contributed by atoms with Crippen molar-refractivity contribution < 1.29 is 19.1 Å². The fourth-order valence-corrected chi connectivity index (χ4v) is 4.19. The predicted octanol–water partition coefficient (Wildman–Crippen LogP) is 2.98. The van der Waals surface area contributed by atoms with Crippen LogP contribution in [0.5, 0.6) is 5.75 Å². The topological polar surface area (TPSA) is 87.7 Å². The van der Waals surface area contributed by atoms with Crippen molar-refractivity contribution in [2.75, 3.05) is 19.0 Å². The molecule has 7 nitrogen and oxygen atoms in total. The first kappa shape index (κ1) is 19.9. The summed E-state index contributed by atoms with van der Waals surface area (Å²) in [6.07, 6.45) is 4.17. The van der Waals surface area contributed by atoms with Gasteiger partial charge in [0, 0.05) is 5.69 Å². The molecule has 1 fully saturated rings. The number of rotatable bonds is 5. The monoisotopic (exact) mass is 407 g/mol. The SMILES string of the molecule is COc1ccc(C2(C)NC(=O)N(CC(=O)Nc3cccc4c3CCCC4)C2=O)cc1. The van der Waals surface area contributed by atoms with Gasteiger partial charge in [0.2, 0.25) is 5.91 Å². The fourth-order valence-electron chi connectivity index (χ4n) is 4.19. The number of nitrogens with zero attached hydrogens (tertiary/aromatic N) is 1. The molecule has 0 spiro atoms. The molecule has 156 valence electrons. The Hall–Kier alpha value is -3.35. The van der Waals surface area contributed by atoms with Gasteiger partial charge < -0.3 is 15.4 Å². The highest BCUT2D eigenvalue weighted by Gasteiger charge is 2.49. The minimum absolute atomic E-state index is 0.333. The van der Waals surface area contributed by atoms with Gasteiger partial charge in [-0.05, 0) is 67.5 Å². The predicted molar refractivity (Wildman–Crippen MR) is 112 cm³/mol. The van der Waals surface area contributed by atoms with Crippen molar-refractivity contribution in [3.8, 4) is 5.75 Å². The summed E-state index contributed by atoms with van der Waals surface area (Å²) in [7, 11) is 1.56. The molecule has 1 aliphatic heterocycles. The van der Waals surface area contributed by atoms with E-state index < -0.39 is 23.4 Å². The Bertz CT molecular complexity index is 1000. The lowest BCUT2D eigenvalue weighted by molar-refractivity contribution is -0.133. The minimum Gasteiger partial charge on any atom is -0.497 e. The Labute approximate surface area is 175 Å². The number of amides is 4. The molecule has 2 aromatic carbocycles. The van der Waals surface area contributed by atoms with Crippen LogP contribution in [-0.2, 0) is 28.0 Å². The molecule has 0 saturated carbocycles. The maximum atomic E-state index is 13.0. The Kier molecular flexibility index (Phi) is 5.20. The fraction of sp³-hybridized carbons (Fsp3) is 0.348. The highest BCUT2D eigenvalue weighted by atomic mass is 16.5. The number of methoxy groups -OCH3 is 1. The van der Waals surface area contributed by atoms with Crippen molar-refractivity contribution in [2.24, 2.45) is 0 Å². The van der Waals surface area contributed by atoms with Gasteiger partial charge in [-0.15, -0.1) is 0 Å². The Morgan fingerprint density at radius 2 is 1.87 bits per heavy atom. The number of aryl methyl sites for hydroxylation is 1. The van der Waals surface area contributed by atoms with Gasteiger partial charge in [0.15, 0.2) is 0 Å². The first-order chi connectivity index (χ1) is 14.4. The molecule has 0 aromatic heterocycles. The van der Waals surface area contributed by atoms with E-state index in [4.69, 9.17) is 4.74 Å². The number of hydrogen-bond donors (Lipinski definition) is 2. The quantitative estimate of drug-likeness (QED) is 0.746. The van der Waals surface area contributed by atoms with Crippen molar-refractivity contribution in [3.05, 3.63) is 59.2 Å². The van der Waals surface area contributed by atoms with Crippen LogP contribution in [0.4, 0.5) is 10.5 Å². The summed E-state index contributed by atoms with van der Waals surface area (Å²) in [5.74, 6) is -0.194. The summed E-state index contributed by atoms with van der Waals surface area (Å²) >= 11 is 0. The Morgan fingerprint density at radius 1 is 1.13 bits per heavy atom. The molecule has 0 radical (unpaired) electrons. The minimum atomic E-state index is -1.23. The summed E-state index contributed by atoms with van der Waals surface area (Å²) < 4.78 is 5.15. The lowest BCUT2D eigenvalue weighted by Crippen LogP contribution is -2.42. The van der Waals surface area contributed by atoms with E-state index in [-0.39, 0.29) is 6.54 Å². The van der Waals surface area contributed by atoms with Crippen molar-refractivity contribution in [2.45, 2.75) is 38.1 Å². The van der Waals surface area contributed by atoms with E-state index in [2.05, 4.69) is 16.7 Å². The van der Waals surface area contributed by atoms with E-state index in [1.165, 1.54) is 5.56 Å². The zero-order valence-electron chi connectivity index (χ0n) is 17.2. The van der Waals surface area contributed by atoms with Crippen molar-refractivity contribution >= 4 is 23.5 Å². The number of nitrogens with one attached hydrogen (secondary N) is 2. The number of carbonyl (C=O) groups is 3. The summed E-state index contributed by atoms with van der Waals surface area (Å²) in [5, 5.41) is 5.61. The van der Waals surface area contributed by atoms with Crippen molar-refractivity contribution in [1.82, 2.24) is 10.2 Å². The summed E-state index contributed by atoms with van der Waals surface area (Å²) in [6.45, 7) is 1.31. The molecule has 2 aromatic rings. The largest absolute Gasteiger partial charge is 0.497 e. The molecule has 4 rings (SSSR count).